The number of benzene rings is 1. The van der Waals surface area contributed by atoms with Crippen LogP contribution in [0.15, 0.2) is 24.3 Å². The molecule has 1 aliphatic rings. The van der Waals surface area contributed by atoms with Crippen molar-refractivity contribution in [2.24, 2.45) is 0 Å². The number of hydrogen-bond acceptors (Lipinski definition) is 3. The van der Waals surface area contributed by atoms with Crippen LogP contribution in [0.25, 0.3) is 0 Å². The van der Waals surface area contributed by atoms with Gasteiger partial charge in [0.15, 0.2) is 0 Å². The van der Waals surface area contributed by atoms with Gasteiger partial charge in [-0.05, 0) is 12.5 Å². The Kier molecular flexibility index (Phi) is 4.54. The normalized spacial score (nSPS) is 19.2. The van der Waals surface area contributed by atoms with Crippen molar-refractivity contribution in [3.05, 3.63) is 35.4 Å². The van der Waals surface area contributed by atoms with Crippen molar-refractivity contribution in [3.63, 3.8) is 0 Å². The fourth-order valence-electron chi connectivity index (χ4n) is 2.31. The molecular weight excluding hydrogens is 212 g/mol. The van der Waals surface area contributed by atoms with E-state index in [1.807, 2.05) is 0 Å². The summed E-state index contributed by atoms with van der Waals surface area (Å²) in [6.07, 6.45) is 0. The third-order valence-corrected chi connectivity index (χ3v) is 3.46. The molecule has 1 aromatic rings. The lowest BCUT2D eigenvalue weighted by molar-refractivity contribution is 0.185. The first-order valence-corrected chi connectivity index (χ1v) is 6.40. The highest BCUT2D eigenvalue weighted by atomic mass is 16.3. The van der Waals surface area contributed by atoms with Gasteiger partial charge in [0.25, 0.3) is 0 Å². The van der Waals surface area contributed by atoms with Crippen LogP contribution in [0.2, 0.25) is 0 Å². The second kappa shape index (κ2) is 6.15. The molecule has 1 aliphatic heterocycles. The highest BCUT2D eigenvalue weighted by Gasteiger charge is 2.16. The fourth-order valence-corrected chi connectivity index (χ4v) is 2.31. The standard InChI is InChI=1S/C14H22N2O/c1-12-2-4-13(5-3-12)14(11-17)10-16-8-6-15-7-9-16/h2-5,14-15,17H,6-11H2,1H3. The van der Waals surface area contributed by atoms with E-state index < -0.39 is 0 Å². The Morgan fingerprint density at radius 3 is 2.47 bits per heavy atom. The van der Waals surface area contributed by atoms with E-state index in [1.54, 1.807) is 0 Å². The average Bonchev–Trinajstić information content (AvgIpc) is 2.38. The Bertz CT molecular complexity index is 331. The van der Waals surface area contributed by atoms with E-state index in [1.165, 1.54) is 11.1 Å². The maximum absolute atomic E-state index is 9.54. The fraction of sp³-hybridized carbons (Fsp3) is 0.571. The van der Waals surface area contributed by atoms with Gasteiger partial charge < -0.3 is 15.3 Å². The maximum atomic E-state index is 9.54. The molecule has 0 aromatic heterocycles. The first-order valence-electron chi connectivity index (χ1n) is 6.40. The Morgan fingerprint density at radius 2 is 1.88 bits per heavy atom. The summed E-state index contributed by atoms with van der Waals surface area (Å²) in [5, 5.41) is 12.9. The Hall–Kier alpha value is -0.900. The number of rotatable bonds is 4. The zero-order valence-corrected chi connectivity index (χ0v) is 10.5. The maximum Gasteiger partial charge on any atom is 0.0512 e. The molecule has 0 radical (unpaired) electrons. The van der Waals surface area contributed by atoms with Crippen molar-refractivity contribution in [1.82, 2.24) is 10.2 Å². The predicted octanol–water partition coefficient (Wildman–Crippen LogP) is 0.976. The van der Waals surface area contributed by atoms with Crippen molar-refractivity contribution in [2.75, 3.05) is 39.3 Å². The second-order valence-corrected chi connectivity index (χ2v) is 4.84. The largest absolute Gasteiger partial charge is 0.396 e. The molecule has 0 spiro atoms. The van der Waals surface area contributed by atoms with Crippen LogP contribution in [0.1, 0.15) is 17.0 Å². The number of aliphatic hydroxyl groups excluding tert-OH is 1. The number of nitrogens with one attached hydrogen (secondary N) is 1. The third-order valence-electron chi connectivity index (χ3n) is 3.46. The number of aliphatic hydroxyl groups is 1. The lowest BCUT2D eigenvalue weighted by Gasteiger charge is -2.30. The lowest BCUT2D eigenvalue weighted by Crippen LogP contribution is -2.45. The molecule has 0 amide bonds. The number of hydrogen-bond donors (Lipinski definition) is 2. The molecule has 2 rings (SSSR count). The van der Waals surface area contributed by atoms with Crippen molar-refractivity contribution in [2.45, 2.75) is 12.8 Å². The highest BCUT2D eigenvalue weighted by molar-refractivity contribution is 5.24. The first-order chi connectivity index (χ1) is 8.29. The van der Waals surface area contributed by atoms with E-state index in [9.17, 15) is 5.11 Å². The van der Waals surface area contributed by atoms with Crippen LogP contribution in [-0.2, 0) is 0 Å². The molecule has 0 saturated carbocycles. The van der Waals surface area contributed by atoms with E-state index in [0.717, 1.165) is 32.7 Å². The van der Waals surface area contributed by atoms with Crippen LogP contribution in [0.3, 0.4) is 0 Å². The molecule has 1 unspecified atom stereocenters. The van der Waals surface area contributed by atoms with Crippen molar-refractivity contribution in [1.29, 1.82) is 0 Å². The van der Waals surface area contributed by atoms with E-state index in [-0.39, 0.29) is 12.5 Å². The second-order valence-electron chi connectivity index (χ2n) is 4.84. The highest BCUT2D eigenvalue weighted by Crippen LogP contribution is 2.17. The molecule has 1 heterocycles. The summed E-state index contributed by atoms with van der Waals surface area (Å²) in [5.74, 6) is 0.244. The van der Waals surface area contributed by atoms with E-state index in [2.05, 4.69) is 41.4 Å². The van der Waals surface area contributed by atoms with E-state index >= 15 is 0 Å². The zero-order chi connectivity index (χ0) is 12.1. The van der Waals surface area contributed by atoms with Gasteiger partial charge in [-0.1, -0.05) is 29.8 Å². The molecule has 0 bridgehead atoms. The molecule has 2 N–H and O–H groups in total. The molecule has 1 aromatic carbocycles. The lowest BCUT2D eigenvalue weighted by atomic mass is 9.98. The van der Waals surface area contributed by atoms with Crippen LogP contribution in [0, 0.1) is 6.92 Å². The van der Waals surface area contributed by atoms with E-state index in [0.29, 0.717) is 0 Å². The van der Waals surface area contributed by atoms with Crippen molar-refractivity contribution in [3.8, 4) is 0 Å². The van der Waals surface area contributed by atoms with Gasteiger partial charge in [0, 0.05) is 38.6 Å². The summed E-state index contributed by atoms with van der Waals surface area (Å²) in [7, 11) is 0. The molecule has 17 heavy (non-hydrogen) atoms. The van der Waals surface area contributed by atoms with Gasteiger partial charge >= 0.3 is 0 Å². The quantitative estimate of drug-likeness (QED) is 0.815. The molecule has 94 valence electrons. The summed E-state index contributed by atoms with van der Waals surface area (Å²) in [6, 6.07) is 8.52. The van der Waals surface area contributed by atoms with Gasteiger partial charge in [0.1, 0.15) is 0 Å². The molecule has 3 nitrogen and oxygen atoms in total. The van der Waals surface area contributed by atoms with Crippen LogP contribution < -0.4 is 5.32 Å². The number of nitrogens with zero attached hydrogens (tertiary/aromatic N) is 1. The average molecular weight is 234 g/mol. The van der Waals surface area contributed by atoms with E-state index in [4.69, 9.17) is 0 Å². The monoisotopic (exact) mass is 234 g/mol. The van der Waals surface area contributed by atoms with Gasteiger partial charge in [0.2, 0.25) is 0 Å². The summed E-state index contributed by atoms with van der Waals surface area (Å²) >= 11 is 0. The van der Waals surface area contributed by atoms with Gasteiger partial charge in [-0.3, -0.25) is 0 Å². The van der Waals surface area contributed by atoms with Gasteiger partial charge in [-0.2, -0.15) is 0 Å². The summed E-state index contributed by atoms with van der Waals surface area (Å²) in [4.78, 5) is 2.43. The minimum absolute atomic E-state index is 0.229. The van der Waals surface area contributed by atoms with Crippen LogP contribution >= 0.6 is 0 Å². The smallest absolute Gasteiger partial charge is 0.0512 e. The number of piperazine rings is 1. The van der Waals surface area contributed by atoms with Gasteiger partial charge in [0.05, 0.1) is 6.61 Å². The SMILES string of the molecule is Cc1ccc(C(CO)CN2CCNCC2)cc1. The van der Waals surface area contributed by atoms with Crippen molar-refractivity contribution >= 4 is 0 Å². The molecule has 3 heteroatoms. The molecule has 0 aliphatic carbocycles. The van der Waals surface area contributed by atoms with Gasteiger partial charge in [-0.25, -0.2) is 0 Å². The first kappa shape index (κ1) is 12.6. The molecule has 1 atom stereocenters. The van der Waals surface area contributed by atoms with Crippen LogP contribution in [0.5, 0.6) is 0 Å². The van der Waals surface area contributed by atoms with Crippen LogP contribution in [-0.4, -0.2) is 49.3 Å². The van der Waals surface area contributed by atoms with Crippen molar-refractivity contribution < 1.29 is 5.11 Å². The third kappa shape index (κ3) is 3.53. The number of aryl methyl sites for hydroxylation is 1. The minimum Gasteiger partial charge on any atom is -0.396 e. The molecule has 1 saturated heterocycles. The summed E-state index contributed by atoms with van der Waals surface area (Å²) in [6.45, 7) is 7.57. The Balaban J connectivity index is 1.97. The summed E-state index contributed by atoms with van der Waals surface area (Å²) < 4.78 is 0. The topological polar surface area (TPSA) is 35.5 Å². The Labute approximate surface area is 103 Å². The zero-order valence-electron chi connectivity index (χ0n) is 10.5. The summed E-state index contributed by atoms with van der Waals surface area (Å²) in [5.41, 5.74) is 2.52. The molecular formula is C14H22N2O. The predicted molar refractivity (Wildman–Crippen MR) is 70.3 cm³/mol. The Morgan fingerprint density at radius 1 is 1.24 bits per heavy atom. The molecule has 1 fully saturated rings. The minimum atomic E-state index is 0.229. The van der Waals surface area contributed by atoms with Gasteiger partial charge in [-0.15, -0.1) is 0 Å². The van der Waals surface area contributed by atoms with Crippen LogP contribution in [0.4, 0.5) is 0 Å².